The third-order valence-corrected chi connectivity index (χ3v) is 8.60. The van der Waals surface area contributed by atoms with Crippen LogP contribution in [0, 0.1) is 34.5 Å². The summed E-state index contributed by atoms with van der Waals surface area (Å²) in [7, 11) is 0. The number of hydrogen-bond donors (Lipinski definition) is 1. The monoisotopic (exact) mass is 316 g/mol. The topological polar surface area (TPSA) is 37.3 Å². The van der Waals surface area contributed by atoms with Gasteiger partial charge in [-0.15, -0.1) is 0 Å². The molecule has 0 aromatic carbocycles. The van der Waals surface area contributed by atoms with Crippen LogP contribution in [0.25, 0.3) is 0 Å². The predicted octanol–water partition coefficient (Wildman–Crippen LogP) is 4.52. The second-order valence-corrected chi connectivity index (χ2v) is 9.45. The number of ketones is 1. The van der Waals surface area contributed by atoms with Gasteiger partial charge < -0.3 is 5.11 Å². The third kappa shape index (κ3) is 2.13. The van der Waals surface area contributed by atoms with Crippen LogP contribution in [0.4, 0.5) is 0 Å². The zero-order chi connectivity index (χ0) is 16.4. The molecule has 4 aliphatic carbocycles. The van der Waals surface area contributed by atoms with Gasteiger partial charge in [0.2, 0.25) is 0 Å². The Labute approximate surface area is 140 Å². The standard InChI is InChI=1S/C21H32O2/c1-13(22)17-6-7-18-16-5-4-14-12-15(23)8-10-20(14,2)19(16)9-11-21(17,18)3/h6,14-16,18-19,23H,4-5,7-12H2,1-3H3/t14-,15+,16-,18+,19-,20-,21-/m0/s1. The van der Waals surface area contributed by atoms with Crippen molar-refractivity contribution >= 4 is 5.78 Å². The van der Waals surface area contributed by atoms with E-state index in [1.165, 1.54) is 32.1 Å². The van der Waals surface area contributed by atoms with E-state index in [1.807, 2.05) is 0 Å². The number of allylic oxidation sites excluding steroid dienone is 2. The van der Waals surface area contributed by atoms with E-state index in [4.69, 9.17) is 0 Å². The molecule has 3 saturated carbocycles. The van der Waals surface area contributed by atoms with Crippen molar-refractivity contribution in [2.24, 2.45) is 34.5 Å². The molecule has 0 saturated heterocycles. The molecule has 0 spiro atoms. The summed E-state index contributed by atoms with van der Waals surface area (Å²) in [5, 5.41) is 10.1. The van der Waals surface area contributed by atoms with E-state index in [0.717, 1.165) is 42.6 Å². The lowest BCUT2D eigenvalue weighted by atomic mass is 9.44. The molecule has 0 aromatic rings. The van der Waals surface area contributed by atoms with Gasteiger partial charge in [-0.25, -0.2) is 0 Å². The number of Topliss-reactive ketones (excluding diaryl/α,β-unsaturated/α-hetero) is 1. The molecule has 4 rings (SSSR count). The number of carbonyl (C=O) groups excluding carboxylic acids is 1. The van der Waals surface area contributed by atoms with Crippen molar-refractivity contribution in [1.29, 1.82) is 0 Å². The fraction of sp³-hybridized carbons (Fsp3) is 0.857. The Morgan fingerprint density at radius 1 is 1.13 bits per heavy atom. The lowest BCUT2D eigenvalue weighted by Gasteiger charge is -2.60. The summed E-state index contributed by atoms with van der Waals surface area (Å²) in [5.74, 6) is 3.31. The molecule has 7 atom stereocenters. The SMILES string of the molecule is CC(=O)C1=CC[C@@H]2[C@@H]3CC[C@H]4C[C@H](O)CC[C@]4(C)[C@H]3CC[C@@]12C. The summed E-state index contributed by atoms with van der Waals surface area (Å²) >= 11 is 0. The Morgan fingerprint density at radius 2 is 1.91 bits per heavy atom. The van der Waals surface area contributed by atoms with E-state index in [0.29, 0.717) is 17.1 Å². The third-order valence-electron chi connectivity index (χ3n) is 8.60. The van der Waals surface area contributed by atoms with Crippen LogP contribution in [-0.2, 0) is 4.79 Å². The van der Waals surface area contributed by atoms with Gasteiger partial charge in [0.1, 0.15) is 0 Å². The van der Waals surface area contributed by atoms with E-state index < -0.39 is 0 Å². The lowest BCUT2D eigenvalue weighted by molar-refractivity contribution is -0.124. The first-order chi connectivity index (χ1) is 10.9. The molecule has 1 N–H and O–H groups in total. The normalized spacial score (nSPS) is 52.2. The van der Waals surface area contributed by atoms with Gasteiger partial charge >= 0.3 is 0 Å². The number of hydrogen-bond acceptors (Lipinski definition) is 2. The molecule has 3 fully saturated rings. The number of rotatable bonds is 1. The molecule has 2 heteroatoms. The van der Waals surface area contributed by atoms with Gasteiger partial charge in [0.05, 0.1) is 6.10 Å². The molecule has 0 amide bonds. The maximum Gasteiger partial charge on any atom is 0.156 e. The molecule has 2 nitrogen and oxygen atoms in total. The van der Waals surface area contributed by atoms with Gasteiger partial charge in [0, 0.05) is 0 Å². The summed E-state index contributed by atoms with van der Waals surface area (Å²) in [6, 6.07) is 0. The highest BCUT2D eigenvalue weighted by Gasteiger charge is 2.58. The summed E-state index contributed by atoms with van der Waals surface area (Å²) in [4.78, 5) is 12.1. The molecule has 0 radical (unpaired) electrons. The van der Waals surface area contributed by atoms with Crippen molar-refractivity contribution < 1.29 is 9.90 Å². The first-order valence-electron chi connectivity index (χ1n) is 9.76. The number of aliphatic hydroxyl groups is 1. The van der Waals surface area contributed by atoms with Crippen LogP contribution in [0.5, 0.6) is 0 Å². The van der Waals surface area contributed by atoms with Crippen molar-refractivity contribution in [3.05, 3.63) is 11.6 Å². The first-order valence-corrected chi connectivity index (χ1v) is 9.76. The van der Waals surface area contributed by atoms with Crippen LogP contribution in [0.2, 0.25) is 0 Å². The van der Waals surface area contributed by atoms with Crippen LogP contribution in [0.3, 0.4) is 0 Å². The smallest absolute Gasteiger partial charge is 0.156 e. The van der Waals surface area contributed by atoms with Crippen LogP contribution in [-0.4, -0.2) is 17.0 Å². The van der Waals surface area contributed by atoms with Gasteiger partial charge in [-0.3, -0.25) is 4.79 Å². The largest absolute Gasteiger partial charge is 0.393 e. The van der Waals surface area contributed by atoms with Gasteiger partial charge in [0.15, 0.2) is 5.78 Å². The summed E-state index contributed by atoms with van der Waals surface area (Å²) < 4.78 is 0. The van der Waals surface area contributed by atoms with Crippen LogP contribution in [0.15, 0.2) is 11.6 Å². The maximum atomic E-state index is 12.1. The molecular formula is C21H32O2. The molecule has 128 valence electrons. The van der Waals surface area contributed by atoms with E-state index >= 15 is 0 Å². The molecule has 0 heterocycles. The van der Waals surface area contributed by atoms with Gasteiger partial charge in [-0.05, 0) is 98.4 Å². The maximum absolute atomic E-state index is 12.1. The Kier molecular flexibility index (Phi) is 3.58. The second-order valence-electron chi connectivity index (χ2n) is 9.45. The molecule has 23 heavy (non-hydrogen) atoms. The highest BCUT2D eigenvalue weighted by Crippen LogP contribution is 2.66. The Hall–Kier alpha value is -0.630. The molecule has 0 unspecified atom stereocenters. The number of carbonyl (C=O) groups is 1. The zero-order valence-corrected chi connectivity index (χ0v) is 15.0. The van der Waals surface area contributed by atoms with Crippen LogP contribution < -0.4 is 0 Å². The lowest BCUT2D eigenvalue weighted by Crippen LogP contribution is -2.53. The van der Waals surface area contributed by atoms with E-state index in [-0.39, 0.29) is 11.5 Å². The molecular weight excluding hydrogens is 284 g/mol. The minimum atomic E-state index is -0.0593. The highest BCUT2D eigenvalue weighted by atomic mass is 16.3. The first kappa shape index (κ1) is 15.9. The summed E-state index contributed by atoms with van der Waals surface area (Å²) in [6.07, 6.45) is 11.6. The zero-order valence-electron chi connectivity index (χ0n) is 15.0. The average Bonchev–Trinajstić information content (AvgIpc) is 2.85. The Morgan fingerprint density at radius 3 is 2.65 bits per heavy atom. The number of aliphatic hydroxyl groups excluding tert-OH is 1. The van der Waals surface area contributed by atoms with E-state index in [2.05, 4.69) is 19.9 Å². The summed E-state index contributed by atoms with van der Waals surface area (Å²) in [6.45, 7) is 6.65. The van der Waals surface area contributed by atoms with Crippen molar-refractivity contribution in [3.8, 4) is 0 Å². The fourth-order valence-corrected chi connectivity index (χ4v) is 7.35. The minimum Gasteiger partial charge on any atom is -0.393 e. The van der Waals surface area contributed by atoms with Gasteiger partial charge in [-0.1, -0.05) is 19.9 Å². The summed E-state index contributed by atoms with van der Waals surface area (Å²) in [5.41, 5.74) is 1.71. The molecule has 0 aromatic heterocycles. The van der Waals surface area contributed by atoms with Gasteiger partial charge in [-0.2, -0.15) is 0 Å². The fourth-order valence-electron chi connectivity index (χ4n) is 7.35. The molecule has 0 aliphatic heterocycles. The quantitative estimate of drug-likeness (QED) is 0.772. The minimum absolute atomic E-state index is 0.0593. The molecule has 4 aliphatic rings. The predicted molar refractivity (Wildman–Crippen MR) is 91.9 cm³/mol. The second kappa shape index (κ2) is 5.18. The highest BCUT2D eigenvalue weighted by molar-refractivity contribution is 5.95. The van der Waals surface area contributed by atoms with Crippen molar-refractivity contribution in [1.82, 2.24) is 0 Å². The number of fused-ring (bicyclic) bond motifs is 5. The van der Waals surface area contributed by atoms with Crippen molar-refractivity contribution in [2.75, 3.05) is 0 Å². The molecule has 0 bridgehead atoms. The van der Waals surface area contributed by atoms with E-state index in [1.54, 1.807) is 6.92 Å². The van der Waals surface area contributed by atoms with E-state index in [9.17, 15) is 9.90 Å². The average molecular weight is 316 g/mol. The van der Waals surface area contributed by atoms with Crippen molar-refractivity contribution in [3.63, 3.8) is 0 Å². The Bertz CT molecular complexity index is 550. The van der Waals surface area contributed by atoms with Crippen LogP contribution in [0.1, 0.15) is 72.1 Å². The van der Waals surface area contributed by atoms with Crippen molar-refractivity contribution in [2.45, 2.75) is 78.2 Å². The Balaban J connectivity index is 1.62. The van der Waals surface area contributed by atoms with Gasteiger partial charge in [0.25, 0.3) is 0 Å². The van der Waals surface area contributed by atoms with Crippen LogP contribution >= 0.6 is 0 Å².